The Hall–Kier alpha value is -2.43. The van der Waals surface area contributed by atoms with E-state index in [1.165, 1.54) is 26.0 Å². The molecule has 30 heavy (non-hydrogen) atoms. The molecule has 2 rings (SSSR count). The molecule has 0 aliphatic heterocycles. The number of halogens is 1. The van der Waals surface area contributed by atoms with Gasteiger partial charge in [-0.25, -0.2) is 4.98 Å². The topological polar surface area (TPSA) is 84.2 Å². The van der Waals surface area contributed by atoms with Crippen LogP contribution in [0, 0.1) is 17.2 Å². The number of hydrogen-bond acceptors (Lipinski definition) is 6. The van der Waals surface area contributed by atoms with Crippen LogP contribution in [0.3, 0.4) is 0 Å². The number of anilines is 1. The molecular formula is C22H26ClN3O3S. The van der Waals surface area contributed by atoms with Crippen LogP contribution < -0.4 is 14.8 Å². The number of carbonyl (C=O) groups is 1. The average Bonchev–Trinajstić information content (AvgIpc) is 2.71. The van der Waals surface area contributed by atoms with Crippen LogP contribution in [-0.2, 0) is 11.2 Å². The number of pyridine rings is 1. The highest BCUT2D eigenvalue weighted by atomic mass is 35.5. The number of benzene rings is 1. The van der Waals surface area contributed by atoms with E-state index >= 15 is 0 Å². The Labute approximate surface area is 186 Å². The van der Waals surface area contributed by atoms with E-state index in [-0.39, 0.29) is 5.91 Å². The fourth-order valence-corrected chi connectivity index (χ4v) is 4.07. The number of methoxy groups -OCH3 is 2. The number of nitrogens with zero attached hydrogens (tertiary/aromatic N) is 2. The van der Waals surface area contributed by atoms with Crippen molar-refractivity contribution in [3.8, 4) is 17.6 Å². The SMILES string of the molecule is CCC(Sc1nc(CC(C)C)ccc1C#N)C(=O)Nc1cc(Cl)c(OC)cc1OC. The Morgan fingerprint density at radius 1 is 1.27 bits per heavy atom. The maximum atomic E-state index is 13.0. The van der Waals surface area contributed by atoms with Gasteiger partial charge in [0.15, 0.2) is 0 Å². The summed E-state index contributed by atoms with van der Waals surface area (Å²) in [4.78, 5) is 17.6. The molecule has 0 radical (unpaired) electrons. The zero-order valence-electron chi connectivity index (χ0n) is 17.8. The molecule has 1 atom stereocenters. The summed E-state index contributed by atoms with van der Waals surface area (Å²) in [6.07, 6.45) is 1.37. The third-order valence-corrected chi connectivity index (χ3v) is 5.97. The maximum Gasteiger partial charge on any atom is 0.238 e. The number of ether oxygens (including phenoxy) is 2. The van der Waals surface area contributed by atoms with Crippen LogP contribution in [-0.4, -0.2) is 30.4 Å². The molecule has 0 saturated heterocycles. The number of hydrogen-bond donors (Lipinski definition) is 1. The number of rotatable bonds is 9. The van der Waals surface area contributed by atoms with Gasteiger partial charge in [0.25, 0.3) is 0 Å². The maximum absolute atomic E-state index is 13.0. The van der Waals surface area contributed by atoms with Gasteiger partial charge in [0, 0.05) is 11.8 Å². The fourth-order valence-electron chi connectivity index (χ4n) is 2.81. The first-order valence-corrected chi connectivity index (χ1v) is 10.9. The van der Waals surface area contributed by atoms with Crippen molar-refractivity contribution in [1.29, 1.82) is 5.26 Å². The lowest BCUT2D eigenvalue weighted by molar-refractivity contribution is -0.115. The van der Waals surface area contributed by atoms with Crippen molar-refractivity contribution in [2.75, 3.05) is 19.5 Å². The third-order valence-electron chi connectivity index (χ3n) is 4.30. The van der Waals surface area contributed by atoms with Crippen molar-refractivity contribution in [2.45, 2.75) is 43.9 Å². The normalized spacial score (nSPS) is 11.7. The van der Waals surface area contributed by atoms with Gasteiger partial charge >= 0.3 is 0 Å². The highest BCUT2D eigenvalue weighted by Gasteiger charge is 2.23. The number of carbonyl (C=O) groups excluding carboxylic acids is 1. The Morgan fingerprint density at radius 2 is 1.97 bits per heavy atom. The molecule has 0 fully saturated rings. The van der Waals surface area contributed by atoms with Crippen LogP contribution in [0.15, 0.2) is 29.3 Å². The summed E-state index contributed by atoms with van der Waals surface area (Å²) in [5, 5.41) is 12.8. The van der Waals surface area contributed by atoms with Crippen molar-refractivity contribution >= 4 is 35.0 Å². The monoisotopic (exact) mass is 447 g/mol. The molecule has 1 N–H and O–H groups in total. The van der Waals surface area contributed by atoms with Crippen LogP contribution in [0.4, 0.5) is 5.69 Å². The molecular weight excluding hydrogens is 422 g/mol. The second kappa shape index (κ2) is 11.1. The van der Waals surface area contributed by atoms with Gasteiger partial charge in [-0.15, -0.1) is 0 Å². The molecule has 8 heteroatoms. The molecule has 1 unspecified atom stereocenters. The summed E-state index contributed by atoms with van der Waals surface area (Å²) in [5.74, 6) is 1.12. The molecule has 6 nitrogen and oxygen atoms in total. The molecule has 0 aliphatic carbocycles. The Balaban J connectivity index is 2.26. The van der Waals surface area contributed by atoms with Crippen LogP contribution in [0.2, 0.25) is 5.02 Å². The molecule has 1 heterocycles. The van der Waals surface area contributed by atoms with Crippen molar-refractivity contribution < 1.29 is 14.3 Å². The van der Waals surface area contributed by atoms with Gasteiger partial charge in [0.2, 0.25) is 5.91 Å². The van der Waals surface area contributed by atoms with Crippen molar-refractivity contribution in [3.05, 3.63) is 40.5 Å². The predicted molar refractivity (Wildman–Crippen MR) is 121 cm³/mol. The van der Waals surface area contributed by atoms with Crippen LogP contribution in [0.5, 0.6) is 11.5 Å². The summed E-state index contributed by atoms with van der Waals surface area (Å²) in [5.41, 5.74) is 1.82. The highest BCUT2D eigenvalue weighted by Crippen LogP contribution is 2.37. The first-order chi connectivity index (χ1) is 14.3. The van der Waals surface area contributed by atoms with Gasteiger partial charge in [0.05, 0.1) is 35.7 Å². The lowest BCUT2D eigenvalue weighted by atomic mass is 10.1. The van der Waals surface area contributed by atoms with E-state index in [4.69, 9.17) is 21.1 Å². The standard InChI is InChI=1S/C22H26ClN3O3S/c1-6-20(30-22-14(12-24)7-8-15(25-22)9-13(2)3)21(27)26-17-10-16(23)18(28-4)11-19(17)29-5/h7-8,10-11,13,20H,6,9H2,1-5H3,(H,26,27). The van der Waals surface area contributed by atoms with Gasteiger partial charge < -0.3 is 14.8 Å². The van der Waals surface area contributed by atoms with Gasteiger partial charge in [-0.3, -0.25) is 4.79 Å². The zero-order chi connectivity index (χ0) is 22.3. The van der Waals surface area contributed by atoms with Crippen LogP contribution >= 0.6 is 23.4 Å². The summed E-state index contributed by atoms with van der Waals surface area (Å²) < 4.78 is 10.5. The van der Waals surface area contributed by atoms with Crippen molar-refractivity contribution in [1.82, 2.24) is 4.98 Å². The third kappa shape index (κ3) is 6.04. The van der Waals surface area contributed by atoms with E-state index in [1.807, 2.05) is 13.0 Å². The van der Waals surface area contributed by atoms with E-state index in [9.17, 15) is 10.1 Å². The summed E-state index contributed by atoms with van der Waals surface area (Å²) >= 11 is 7.49. The molecule has 0 spiro atoms. The highest BCUT2D eigenvalue weighted by molar-refractivity contribution is 8.00. The second-order valence-electron chi connectivity index (χ2n) is 7.06. The molecule has 1 aromatic carbocycles. The van der Waals surface area contributed by atoms with Crippen molar-refractivity contribution in [2.24, 2.45) is 5.92 Å². The van der Waals surface area contributed by atoms with E-state index in [1.54, 1.807) is 18.2 Å². The van der Waals surface area contributed by atoms with E-state index in [0.29, 0.717) is 45.1 Å². The minimum absolute atomic E-state index is 0.220. The van der Waals surface area contributed by atoms with E-state index in [2.05, 4.69) is 30.2 Å². The van der Waals surface area contributed by atoms with Gasteiger partial charge in [0.1, 0.15) is 22.6 Å². The quantitative estimate of drug-likeness (QED) is 0.523. The van der Waals surface area contributed by atoms with Gasteiger partial charge in [-0.05, 0) is 37.0 Å². The molecule has 0 saturated carbocycles. The van der Waals surface area contributed by atoms with Crippen molar-refractivity contribution in [3.63, 3.8) is 0 Å². The second-order valence-corrected chi connectivity index (χ2v) is 8.65. The first-order valence-electron chi connectivity index (χ1n) is 9.61. The number of nitriles is 1. The lowest BCUT2D eigenvalue weighted by Gasteiger charge is -2.18. The summed E-state index contributed by atoms with van der Waals surface area (Å²) in [6.45, 7) is 6.14. The molecule has 1 amide bonds. The smallest absolute Gasteiger partial charge is 0.238 e. The Kier molecular flexibility index (Phi) is 8.82. The summed E-state index contributed by atoms with van der Waals surface area (Å²) in [6, 6.07) is 9.02. The number of amides is 1. The largest absolute Gasteiger partial charge is 0.495 e. The van der Waals surface area contributed by atoms with E-state index in [0.717, 1.165) is 12.1 Å². The first kappa shape index (κ1) is 23.8. The summed E-state index contributed by atoms with van der Waals surface area (Å²) in [7, 11) is 3.02. The Morgan fingerprint density at radius 3 is 2.53 bits per heavy atom. The minimum atomic E-state index is -0.440. The Bertz CT molecular complexity index is 944. The van der Waals surface area contributed by atoms with Crippen LogP contribution in [0.1, 0.15) is 38.4 Å². The number of thioether (sulfide) groups is 1. The zero-order valence-corrected chi connectivity index (χ0v) is 19.4. The fraction of sp³-hybridized carbons (Fsp3) is 0.409. The van der Waals surface area contributed by atoms with Crippen LogP contribution in [0.25, 0.3) is 0 Å². The minimum Gasteiger partial charge on any atom is -0.495 e. The molecule has 2 aromatic rings. The predicted octanol–water partition coefficient (Wildman–Crippen LogP) is 5.33. The van der Waals surface area contributed by atoms with Gasteiger partial charge in [-0.1, -0.05) is 44.1 Å². The van der Waals surface area contributed by atoms with E-state index < -0.39 is 5.25 Å². The van der Waals surface area contributed by atoms with Gasteiger partial charge in [-0.2, -0.15) is 5.26 Å². The lowest BCUT2D eigenvalue weighted by Crippen LogP contribution is -2.25. The average molecular weight is 448 g/mol. The molecule has 0 aliphatic rings. The number of nitrogens with one attached hydrogen (secondary N) is 1. The molecule has 0 bridgehead atoms. The number of aromatic nitrogens is 1. The molecule has 1 aromatic heterocycles. The molecule has 160 valence electrons.